The van der Waals surface area contributed by atoms with E-state index in [2.05, 4.69) is 22.8 Å². The normalized spacial score (nSPS) is 27.1. The number of non-ortho nitro benzene ring substituents is 1. The van der Waals surface area contributed by atoms with Crippen LogP contribution >= 0.6 is 11.3 Å². The number of rotatable bonds is 5. The Morgan fingerprint density at radius 3 is 2.67 bits per heavy atom. The molecule has 0 saturated carbocycles. The summed E-state index contributed by atoms with van der Waals surface area (Å²) >= 11 is 1.82. The number of fused-ring (bicyclic) bond motifs is 2. The Balaban J connectivity index is 1.42. The first-order valence-electron chi connectivity index (χ1n) is 9.53. The van der Waals surface area contributed by atoms with Gasteiger partial charge in [0, 0.05) is 36.6 Å². The standard InChI is InChI=1S/C20H23N3O3S/c24-20(14-4-1-7-18(10-14)23(25)26)21-15-11-16-5-2-6-17(12-15)22(16)13-19-8-3-9-27-19/h1,3-4,7-10,15-17H,2,5-6,11-13H2,(H,21,24)/p+1/t16-,17-/m1/s1. The summed E-state index contributed by atoms with van der Waals surface area (Å²) in [6.07, 6.45) is 5.66. The van der Waals surface area contributed by atoms with Crippen molar-refractivity contribution < 1.29 is 14.6 Å². The topological polar surface area (TPSA) is 76.7 Å². The predicted octanol–water partition coefficient (Wildman–Crippen LogP) is 2.55. The van der Waals surface area contributed by atoms with E-state index in [0.717, 1.165) is 19.4 Å². The number of thiophene rings is 1. The molecule has 0 radical (unpaired) electrons. The fraction of sp³-hybridized carbons (Fsp3) is 0.450. The van der Waals surface area contributed by atoms with E-state index in [0.29, 0.717) is 17.6 Å². The summed E-state index contributed by atoms with van der Waals surface area (Å²) in [7, 11) is 0. The summed E-state index contributed by atoms with van der Waals surface area (Å²) in [4.78, 5) is 26.2. The molecule has 0 aliphatic carbocycles. The van der Waals surface area contributed by atoms with Crippen molar-refractivity contribution >= 4 is 22.9 Å². The number of nitro benzene ring substituents is 1. The van der Waals surface area contributed by atoms with Crippen LogP contribution in [0.15, 0.2) is 41.8 Å². The lowest BCUT2D eigenvalue weighted by Crippen LogP contribution is -3.20. The van der Waals surface area contributed by atoms with E-state index in [4.69, 9.17) is 0 Å². The number of nitrogens with zero attached hydrogens (tertiary/aromatic N) is 1. The largest absolute Gasteiger partial charge is 0.349 e. The van der Waals surface area contributed by atoms with Crippen LogP contribution in [-0.4, -0.2) is 29.0 Å². The van der Waals surface area contributed by atoms with E-state index in [1.165, 1.54) is 36.3 Å². The minimum Gasteiger partial charge on any atom is -0.349 e. The molecule has 6 nitrogen and oxygen atoms in total. The third kappa shape index (κ3) is 4.04. The molecular formula is C20H24N3O3S+. The lowest BCUT2D eigenvalue weighted by Gasteiger charge is -2.45. The van der Waals surface area contributed by atoms with Crippen LogP contribution < -0.4 is 10.2 Å². The van der Waals surface area contributed by atoms with E-state index in [9.17, 15) is 14.9 Å². The van der Waals surface area contributed by atoms with E-state index < -0.39 is 4.92 Å². The minimum absolute atomic E-state index is 0.0465. The Bertz CT molecular complexity index is 810. The fourth-order valence-electron chi connectivity index (χ4n) is 4.69. The molecule has 7 heteroatoms. The van der Waals surface area contributed by atoms with Gasteiger partial charge in [-0.15, -0.1) is 11.3 Å². The van der Waals surface area contributed by atoms with Crippen molar-refractivity contribution in [3.05, 3.63) is 62.3 Å². The number of amides is 1. The van der Waals surface area contributed by atoms with Crippen molar-refractivity contribution in [2.24, 2.45) is 0 Å². The summed E-state index contributed by atoms with van der Waals surface area (Å²) in [6.45, 7) is 1.08. The molecule has 4 rings (SSSR count). The highest BCUT2D eigenvalue weighted by atomic mass is 32.1. The van der Waals surface area contributed by atoms with Gasteiger partial charge in [0.1, 0.15) is 6.54 Å². The Labute approximate surface area is 162 Å². The lowest BCUT2D eigenvalue weighted by molar-refractivity contribution is -0.973. The highest BCUT2D eigenvalue weighted by Crippen LogP contribution is 2.24. The number of nitrogens with one attached hydrogen (secondary N) is 2. The molecule has 1 aromatic carbocycles. The van der Waals surface area contributed by atoms with Gasteiger partial charge in [0.05, 0.1) is 21.9 Å². The second kappa shape index (κ2) is 7.78. The van der Waals surface area contributed by atoms with Crippen molar-refractivity contribution in [2.45, 2.75) is 56.8 Å². The van der Waals surface area contributed by atoms with E-state index >= 15 is 0 Å². The van der Waals surface area contributed by atoms with E-state index in [1.807, 2.05) is 11.3 Å². The molecule has 1 aromatic heterocycles. The SMILES string of the molecule is O=C(NC1C[C@H]2CCC[C@H](C1)[NH+]2Cc1cccs1)c1cccc([N+](=O)[O-])c1. The van der Waals surface area contributed by atoms with Gasteiger partial charge in [0.2, 0.25) is 0 Å². The molecule has 1 amide bonds. The van der Waals surface area contributed by atoms with Crippen LogP contribution in [0.4, 0.5) is 5.69 Å². The van der Waals surface area contributed by atoms with Gasteiger partial charge in [-0.25, -0.2) is 0 Å². The van der Waals surface area contributed by atoms with Crippen LogP contribution in [0.2, 0.25) is 0 Å². The van der Waals surface area contributed by atoms with Crippen LogP contribution in [-0.2, 0) is 6.54 Å². The first-order chi connectivity index (χ1) is 13.1. The second-order valence-electron chi connectivity index (χ2n) is 7.61. The van der Waals surface area contributed by atoms with Gasteiger partial charge in [-0.1, -0.05) is 12.1 Å². The van der Waals surface area contributed by atoms with Crippen LogP contribution in [0.1, 0.15) is 47.3 Å². The van der Waals surface area contributed by atoms with Gasteiger partial charge >= 0.3 is 0 Å². The van der Waals surface area contributed by atoms with Gasteiger partial charge in [-0.05, 0) is 36.8 Å². The zero-order valence-electron chi connectivity index (χ0n) is 15.1. The molecule has 2 aromatic rings. The first kappa shape index (κ1) is 18.1. The zero-order chi connectivity index (χ0) is 18.8. The molecule has 2 bridgehead atoms. The Morgan fingerprint density at radius 1 is 1.22 bits per heavy atom. The molecule has 2 atom stereocenters. The molecule has 2 N–H and O–H groups in total. The highest BCUT2D eigenvalue weighted by Gasteiger charge is 2.42. The average molecular weight is 386 g/mol. The number of hydrogen-bond acceptors (Lipinski definition) is 4. The summed E-state index contributed by atoms with van der Waals surface area (Å²) in [5.41, 5.74) is 0.317. The fourth-order valence-corrected chi connectivity index (χ4v) is 5.43. The van der Waals surface area contributed by atoms with E-state index in [-0.39, 0.29) is 17.6 Å². The van der Waals surface area contributed by atoms with Crippen molar-refractivity contribution in [1.82, 2.24) is 5.32 Å². The molecule has 0 unspecified atom stereocenters. The average Bonchev–Trinajstić information content (AvgIpc) is 3.15. The molecule has 142 valence electrons. The first-order valence-corrected chi connectivity index (χ1v) is 10.4. The maximum absolute atomic E-state index is 12.6. The third-order valence-electron chi connectivity index (χ3n) is 5.90. The summed E-state index contributed by atoms with van der Waals surface area (Å²) in [5.74, 6) is -0.205. The number of carbonyl (C=O) groups excluding carboxylic acids is 1. The Hall–Kier alpha value is -2.25. The number of piperidine rings is 2. The van der Waals surface area contributed by atoms with Crippen molar-refractivity contribution in [3.63, 3.8) is 0 Å². The van der Waals surface area contributed by atoms with Crippen molar-refractivity contribution in [2.75, 3.05) is 0 Å². The Morgan fingerprint density at radius 2 is 2.00 bits per heavy atom. The van der Waals surface area contributed by atoms with Crippen LogP contribution in [0.5, 0.6) is 0 Å². The van der Waals surface area contributed by atoms with Gasteiger partial charge in [-0.2, -0.15) is 0 Å². The summed E-state index contributed by atoms with van der Waals surface area (Å²) < 4.78 is 0. The van der Waals surface area contributed by atoms with Crippen LogP contribution in [0, 0.1) is 10.1 Å². The van der Waals surface area contributed by atoms with Crippen LogP contribution in [0.25, 0.3) is 0 Å². The smallest absolute Gasteiger partial charge is 0.270 e. The molecule has 2 fully saturated rings. The molecule has 3 heterocycles. The molecule has 27 heavy (non-hydrogen) atoms. The third-order valence-corrected chi connectivity index (χ3v) is 6.78. The van der Waals surface area contributed by atoms with Gasteiger partial charge < -0.3 is 10.2 Å². The van der Waals surface area contributed by atoms with E-state index in [1.54, 1.807) is 17.0 Å². The quantitative estimate of drug-likeness (QED) is 0.612. The van der Waals surface area contributed by atoms with Crippen molar-refractivity contribution in [1.29, 1.82) is 0 Å². The van der Waals surface area contributed by atoms with Gasteiger partial charge in [0.15, 0.2) is 0 Å². The number of hydrogen-bond donors (Lipinski definition) is 2. The molecule has 2 aliphatic heterocycles. The summed E-state index contributed by atoms with van der Waals surface area (Å²) in [5, 5.41) is 16.2. The molecular weight excluding hydrogens is 362 g/mol. The van der Waals surface area contributed by atoms with Gasteiger partial charge in [0.25, 0.3) is 11.6 Å². The zero-order valence-corrected chi connectivity index (χ0v) is 15.9. The number of nitro groups is 1. The molecule has 2 saturated heterocycles. The van der Waals surface area contributed by atoms with Crippen LogP contribution in [0.3, 0.4) is 0 Å². The maximum atomic E-state index is 12.6. The number of carbonyl (C=O) groups is 1. The molecule has 0 spiro atoms. The number of quaternary nitrogens is 1. The maximum Gasteiger partial charge on any atom is 0.270 e. The lowest BCUT2D eigenvalue weighted by atomic mass is 9.81. The second-order valence-corrected chi connectivity index (χ2v) is 8.64. The monoisotopic (exact) mass is 386 g/mol. The highest BCUT2D eigenvalue weighted by molar-refractivity contribution is 7.09. The predicted molar refractivity (Wildman–Crippen MR) is 104 cm³/mol. The minimum atomic E-state index is -0.465. The van der Waals surface area contributed by atoms with Crippen molar-refractivity contribution in [3.8, 4) is 0 Å². The molecule has 2 aliphatic rings. The Kier molecular flexibility index (Phi) is 5.22. The van der Waals surface area contributed by atoms with Gasteiger partial charge in [-0.3, -0.25) is 14.9 Å². The number of benzene rings is 1. The summed E-state index contributed by atoms with van der Waals surface area (Å²) in [6, 6.07) is 11.6.